The van der Waals surface area contributed by atoms with Gasteiger partial charge in [-0.05, 0) is 12.1 Å². The van der Waals surface area contributed by atoms with Gasteiger partial charge in [-0.15, -0.1) is 11.3 Å². The lowest BCUT2D eigenvalue weighted by atomic mass is 10.2. The van der Waals surface area contributed by atoms with Crippen LogP contribution in [0.5, 0.6) is 0 Å². The van der Waals surface area contributed by atoms with Crippen molar-refractivity contribution in [3.8, 4) is 11.3 Å². The molecule has 5 heteroatoms. The molecule has 0 bridgehead atoms. The van der Waals surface area contributed by atoms with Crippen LogP contribution in [0, 0.1) is 5.95 Å². The number of nitrogens with one attached hydrogen (secondary N) is 1. The summed E-state index contributed by atoms with van der Waals surface area (Å²) in [7, 11) is 0. The van der Waals surface area contributed by atoms with Gasteiger partial charge >= 0.3 is 0 Å². The van der Waals surface area contributed by atoms with E-state index >= 15 is 0 Å². The van der Waals surface area contributed by atoms with Gasteiger partial charge in [-0.3, -0.25) is 0 Å². The van der Waals surface area contributed by atoms with E-state index in [0.29, 0.717) is 12.4 Å². The Bertz CT molecular complexity index is 697. The van der Waals surface area contributed by atoms with Crippen LogP contribution in [0.15, 0.2) is 53.9 Å². The molecular weight excluding hydrogens is 273 g/mol. The third kappa shape index (κ3) is 3.00. The maximum Gasteiger partial charge on any atom is 0.214 e. The van der Waals surface area contributed by atoms with Crippen LogP contribution in [0.1, 0.15) is 5.01 Å². The van der Waals surface area contributed by atoms with Crippen LogP contribution < -0.4 is 5.32 Å². The summed E-state index contributed by atoms with van der Waals surface area (Å²) in [6, 6.07) is 14.7. The maximum atomic E-state index is 13.0. The molecule has 20 heavy (non-hydrogen) atoms. The van der Waals surface area contributed by atoms with Gasteiger partial charge in [0.2, 0.25) is 5.95 Å². The lowest BCUT2D eigenvalue weighted by molar-refractivity contribution is 0.585. The van der Waals surface area contributed by atoms with E-state index in [1.807, 2.05) is 35.7 Å². The van der Waals surface area contributed by atoms with Crippen LogP contribution in [0.25, 0.3) is 11.3 Å². The number of pyridine rings is 1. The first kappa shape index (κ1) is 12.7. The zero-order chi connectivity index (χ0) is 13.8. The first-order chi connectivity index (χ1) is 9.81. The highest BCUT2D eigenvalue weighted by Gasteiger charge is 2.04. The Labute approximate surface area is 120 Å². The highest BCUT2D eigenvalue weighted by Crippen LogP contribution is 2.21. The number of hydrogen-bond donors (Lipinski definition) is 1. The number of aromatic nitrogens is 2. The molecule has 0 fully saturated rings. The number of thiazole rings is 1. The smallest absolute Gasteiger partial charge is 0.214 e. The van der Waals surface area contributed by atoms with Crippen molar-refractivity contribution in [1.82, 2.24) is 9.97 Å². The van der Waals surface area contributed by atoms with Crippen molar-refractivity contribution in [1.29, 1.82) is 0 Å². The highest BCUT2D eigenvalue weighted by atomic mass is 32.1. The molecule has 0 saturated carbocycles. The fraction of sp³-hybridized carbons (Fsp3) is 0.0667. The van der Waals surface area contributed by atoms with Gasteiger partial charge in [0, 0.05) is 10.9 Å². The number of benzene rings is 1. The lowest BCUT2D eigenvalue weighted by Crippen LogP contribution is -2.01. The second-order valence-electron chi connectivity index (χ2n) is 4.19. The van der Waals surface area contributed by atoms with Crippen molar-refractivity contribution in [2.45, 2.75) is 6.54 Å². The van der Waals surface area contributed by atoms with Crippen molar-refractivity contribution in [2.75, 3.05) is 5.32 Å². The molecule has 0 aliphatic heterocycles. The summed E-state index contributed by atoms with van der Waals surface area (Å²) in [5.41, 5.74) is 2.05. The highest BCUT2D eigenvalue weighted by molar-refractivity contribution is 7.09. The van der Waals surface area contributed by atoms with Crippen molar-refractivity contribution in [3.05, 3.63) is 64.9 Å². The van der Waals surface area contributed by atoms with Gasteiger partial charge in [-0.25, -0.2) is 9.97 Å². The molecule has 0 aliphatic rings. The van der Waals surface area contributed by atoms with E-state index in [9.17, 15) is 4.39 Å². The van der Waals surface area contributed by atoms with E-state index < -0.39 is 5.95 Å². The molecule has 1 N–H and O–H groups in total. The average molecular weight is 285 g/mol. The Morgan fingerprint density at radius 2 is 1.85 bits per heavy atom. The molecule has 0 aliphatic carbocycles. The molecule has 2 heterocycles. The van der Waals surface area contributed by atoms with E-state index in [1.54, 1.807) is 23.5 Å². The normalized spacial score (nSPS) is 10.4. The minimum atomic E-state index is -0.487. The third-order valence-corrected chi connectivity index (χ3v) is 3.61. The minimum absolute atomic E-state index is 0.487. The first-order valence-electron chi connectivity index (χ1n) is 6.17. The van der Waals surface area contributed by atoms with Crippen molar-refractivity contribution >= 4 is 17.2 Å². The Morgan fingerprint density at radius 1 is 1.00 bits per heavy atom. The van der Waals surface area contributed by atoms with Gasteiger partial charge in [0.1, 0.15) is 10.8 Å². The van der Waals surface area contributed by atoms with E-state index in [1.165, 1.54) is 6.07 Å². The molecule has 3 nitrogen and oxygen atoms in total. The topological polar surface area (TPSA) is 37.8 Å². The third-order valence-electron chi connectivity index (χ3n) is 2.76. The Kier molecular flexibility index (Phi) is 3.69. The molecule has 1 aromatic carbocycles. The molecule has 0 unspecified atom stereocenters. The van der Waals surface area contributed by atoms with Gasteiger partial charge in [-0.2, -0.15) is 4.39 Å². The Morgan fingerprint density at radius 3 is 2.65 bits per heavy atom. The van der Waals surface area contributed by atoms with E-state index in [4.69, 9.17) is 0 Å². The predicted molar refractivity (Wildman–Crippen MR) is 79.1 cm³/mol. The number of rotatable bonds is 4. The number of anilines is 1. The summed E-state index contributed by atoms with van der Waals surface area (Å²) < 4.78 is 13.0. The van der Waals surface area contributed by atoms with Gasteiger partial charge in [0.15, 0.2) is 0 Å². The summed E-state index contributed by atoms with van der Waals surface area (Å²) in [5.74, 6) is 0.0283. The monoisotopic (exact) mass is 285 g/mol. The van der Waals surface area contributed by atoms with E-state index in [0.717, 1.165) is 16.3 Å². The van der Waals surface area contributed by atoms with Gasteiger partial charge in [-0.1, -0.05) is 36.4 Å². The largest absolute Gasteiger partial charge is 0.363 e. The number of nitrogens with zero attached hydrogens (tertiary/aromatic N) is 2. The summed E-state index contributed by atoms with van der Waals surface area (Å²) in [5, 5.41) is 6.02. The van der Waals surface area contributed by atoms with E-state index in [-0.39, 0.29) is 0 Å². The SMILES string of the molecule is Fc1cccc(NCc2nc(-c3ccccc3)cs2)n1. The molecule has 3 aromatic rings. The average Bonchev–Trinajstić information content (AvgIpc) is 2.95. The summed E-state index contributed by atoms with van der Waals surface area (Å²) >= 11 is 1.57. The predicted octanol–water partition coefficient (Wildman–Crippen LogP) is 3.96. The van der Waals surface area contributed by atoms with Gasteiger partial charge < -0.3 is 5.32 Å². The van der Waals surface area contributed by atoms with Crippen LogP contribution in [0.2, 0.25) is 0 Å². The number of hydrogen-bond acceptors (Lipinski definition) is 4. The molecular formula is C15H12FN3S. The van der Waals surface area contributed by atoms with Crippen LogP contribution in [0.4, 0.5) is 10.2 Å². The van der Waals surface area contributed by atoms with Crippen molar-refractivity contribution < 1.29 is 4.39 Å². The second kappa shape index (κ2) is 5.79. The van der Waals surface area contributed by atoms with Crippen molar-refractivity contribution in [3.63, 3.8) is 0 Å². The van der Waals surface area contributed by atoms with Crippen LogP contribution in [0.3, 0.4) is 0 Å². The first-order valence-corrected chi connectivity index (χ1v) is 7.05. The minimum Gasteiger partial charge on any atom is -0.363 e. The van der Waals surface area contributed by atoms with Crippen molar-refractivity contribution in [2.24, 2.45) is 0 Å². The fourth-order valence-corrected chi connectivity index (χ4v) is 2.55. The summed E-state index contributed by atoms with van der Waals surface area (Å²) in [4.78, 5) is 8.30. The maximum absolute atomic E-state index is 13.0. The van der Waals surface area contributed by atoms with Crippen LogP contribution in [-0.2, 0) is 6.54 Å². The summed E-state index contributed by atoms with van der Waals surface area (Å²) in [6.07, 6.45) is 0. The molecule has 0 radical (unpaired) electrons. The molecule has 0 saturated heterocycles. The van der Waals surface area contributed by atoms with Crippen LogP contribution >= 0.6 is 11.3 Å². The zero-order valence-electron chi connectivity index (χ0n) is 10.6. The molecule has 0 amide bonds. The van der Waals surface area contributed by atoms with Gasteiger partial charge in [0.25, 0.3) is 0 Å². The molecule has 100 valence electrons. The standard InChI is InChI=1S/C15H12FN3S/c16-13-7-4-8-14(19-13)17-9-15-18-12(10-20-15)11-5-2-1-3-6-11/h1-8,10H,9H2,(H,17,19). The van der Waals surface area contributed by atoms with Crippen LogP contribution in [-0.4, -0.2) is 9.97 Å². The molecule has 0 spiro atoms. The Hall–Kier alpha value is -2.27. The molecule has 0 atom stereocenters. The number of halogens is 1. The molecule has 3 rings (SSSR count). The molecule has 2 aromatic heterocycles. The zero-order valence-corrected chi connectivity index (χ0v) is 11.4. The second-order valence-corrected chi connectivity index (χ2v) is 5.13. The quantitative estimate of drug-likeness (QED) is 0.737. The fourth-order valence-electron chi connectivity index (χ4n) is 1.81. The Balaban J connectivity index is 1.69. The van der Waals surface area contributed by atoms with Gasteiger partial charge in [0.05, 0.1) is 12.2 Å². The summed E-state index contributed by atoms with van der Waals surface area (Å²) in [6.45, 7) is 0.536. The van der Waals surface area contributed by atoms with E-state index in [2.05, 4.69) is 15.3 Å². The lowest BCUT2D eigenvalue weighted by Gasteiger charge is -2.02.